The third kappa shape index (κ3) is 4.64. The number of nitrogens with zero attached hydrogens (tertiary/aromatic N) is 4. The van der Waals surface area contributed by atoms with Gasteiger partial charge < -0.3 is 9.84 Å². The van der Waals surface area contributed by atoms with Gasteiger partial charge in [-0.15, -0.1) is 0 Å². The fourth-order valence-electron chi connectivity index (χ4n) is 3.25. The molecule has 2 saturated heterocycles. The minimum Gasteiger partial charge on any atom is -0.389 e. The molecule has 0 bridgehead atoms. The van der Waals surface area contributed by atoms with Gasteiger partial charge in [0.25, 0.3) is 0 Å². The second-order valence-corrected chi connectivity index (χ2v) is 7.38. The van der Waals surface area contributed by atoms with Crippen LogP contribution in [0.1, 0.15) is 18.9 Å². The molecule has 0 radical (unpaired) electrons. The van der Waals surface area contributed by atoms with Crippen molar-refractivity contribution in [3.63, 3.8) is 0 Å². The van der Waals surface area contributed by atoms with Crippen molar-refractivity contribution in [1.29, 1.82) is 0 Å². The molecule has 0 amide bonds. The van der Waals surface area contributed by atoms with Gasteiger partial charge in [-0.3, -0.25) is 9.80 Å². The number of ether oxygens (including phenoxy) is 1. The highest BCUT2D eigenvalue weighted by molar-refractivity contribution is 7.99. The van der Waals surface area contributed by atoms with E-state index in [1.807, 2.05) is 12.4 Å². The molecule has 0 unspecified atom stereocenters. The lowest BCUT2D eigenvalue weighted by atomic mass is 10.2. The van der Waals surface area contributed by atoms with E-state index in [-0.39, 0.29) is 12.1 Å². The molecule has 23 heavy (non-hydrogen) atoms. The molecule has 2 atom stereocenters. The standard InChI is InChI=1S/C16H26N4O2S/c1-2-23-16-17-8-13(9-18-16)10-19-4-3-5-20(7-6-19)14-11-22-12-15(14)21/h8-9,14-15,21H,2-7,10-12H2,1H3/t14-,15-/m1/s1. The first kappa shape index (κ1) is 17.1. The molecule has 0 aliphatic carbocycles. The molecule has 0 saturated carbocycles. The van der Waals surface area contributed by atoms with Gasteiger partial charge in [-0.1, -0.05) is 18.7 Å². The number of aliphatic hydroxyl groups excluding tert-OH is 1. The number of hydrogen-bond acceptors (Lipinski definition) is 7. The highest BCUT2D eigenvalue weighted by Gasteiger charge is 2.32. The fourth-order valence-corrected chi connectivity index (χ4v) is 3.76. The molecular formula is C16H26N4O2S. The smallest absolute Gasteiger partial charge is 0.187 e. The highest BCUT2D eigenvalue weighted by Crippen LogP contribution is 2.17. The molecule has 0 spiro atoms. The van der Waals surface area contributed by atoms with Gasteiger partial charge in [0.05, 0.1) is 25.4 Å². The topological polar surface area (TPSA) is 61.7 Å². The Labute approximate surface area is 142 Å². The molecule has 3 heterocycles. The number of thioether (sulfide) groups is 1. The van der Waals surface area contributed by atoms with Crippen LogP contribution < -0.4 is 0 Å². The van der Waals surface area contributed by atoms with Crippen LogP contribution in [0, 0.1) is 0 Å². The lowest BCUT2D eigenvalue weighted by molar-refractivity contribution is 0.0837. The number of rotatable bonds is 5. The molecule has 7 heteroatoms. The molecule has 2 aliphatic heterocycles. The summed E-state index contributed by atoms with van der Waals surface area (Å²) in [6.45, 7) is 8.24. The maximum atomic E-state index is 10.0. The molecule has 2 fully saturated rings. The van der Waals surface area contributed by atoms with Gasteiger partial charge in [-0.05, 0) is 25.3 Å². The number of hydrogen-bond donors (Lipinski definition) is 1. The molecule has 2 aliphatic rings. The average molecular weight is 338 g/mol. The summed E-state index contributed by atoms with van der Waals surface area (Å²) in [5, 5.41) is 10.9. The van der Waals surface area contributed by atoms with Crippen LogP contribution in [-0.2, 0) is 11.3 Å². The summed E-state index contributed by atoms with van der Waals surface area (Å²) in [7, 11) is 0. The predicted molar refractivity (Wildman–Crippen MR) is 90.5 cm³/mol. The van der Waals surface area contributed by atoms with E-state index in [9.17, 15) is 5.11 Å². The Morgan fingerprint density at radius 1 is 1.22 bits per heavy atom. The minimum absolute atomic E-state index is 0.170. The average Bonchev–Trinajstić information content (AvgIpc) is 2.85. The van der Waals surface area contributed by atoms with Crippen LogP contribution in [0.4, 0.5) is 0 Å². The summed E-state index contributed by atoms with van der Waals surface area (Å²) in [5.74, 6) is 0.998. The highest BCUT2D eigenvalue weighted by atomic mass is 32.2. The van der Waals surface area contributed by atoms with Crippen LogP contribution in [0.3, 0.4) is 0 Å². The summed E-state index contributed by atoms with van der Waals surface area (Å²) < 4.78 is 5.39. The minimum atomic E-state index is -0.335. The zero-order valence-corrected chi connectivity index (χ0v) is 14.5. The van der Waals surface area contributed by atoms with Crippen molar-refractivity contribution in [3.8, 4) is 0 Å². The third-order valence-corrected chi connectivity index (χ3v) is 5.23. The monoisotopic (exact) mass is 338 g/mol. The second-order valence-electron chi connectivity index (χ2n) is 6.14. The van der Waals surface area contributed by atoms with Gasteiger partial charge in [0.1, 0.15) is 0 Å². The Balaban J connectivity index is 1.51. The van der Waals surface area contributed by atoms with Crippen LogP contribution in [0.2, 0.25) is 0 Å². The van der Waals surface area contributed by atoms with Crippen LogP contribution in [0.15, 0.2) is 17.6 Å². The van der Waals surface area contributed by atoms with E-state index in [2.05, 4.69) is 26.7 Å². The number of aromatic nitrogens is 2. The van der Waals surface area contributed by atoms with Crippen molar-refractivity contribution in [2.45, 2.75) is 37.2 Å². The van der Waals surface area contributed by atoms with Gasteiger partial charge in [0, 0.05) is 37.6 Å². The Kier molecular flexibility index (Phi) is 6.24. The van der Waals surface area contributed by atoms with Crippen molar-refractivity contribution >= 4 is 11.8 Å². The van der Waals surface area contributed by atoms with Crippen molar-refractivity contribution in [2.75, 3.05) is 45.1 Å². The third-order valence-electron chi connectivity index (χ3n) is 4.47. The normalized spacial score (nSPS) is 27.2. The van der Waals surface area contributed by atoms with E-state index in [1.165, 1.54) is 5.56 Å². The van der Waals surface area contributed by atoms with Gasteiger partial charge in [0.2, 0.25) is 0 Å². The lowest BCUT2D eigenvalue weighted by Crippen LogP contribution is -2.44. The van der Waals surface area contributed by atoms with Crippen molar-refractivity contribution in [1.82, 2.24) is 19.8 Å². The molecule has 3 rings (SSSR count). The largest absolute Gasteiger partial charge is 0.389 e. The van der Waals surface area contributed by atoms with E-state index in [1.54, 1.807) is 11.8 Å². The number of aliphatic hydroxyl groups is 1. The molecule has 1 N–H and O–H groups in total. The van der Waals surface area contributed by atoms with Gasteiger partial charge in [-0.25, -0.2) is 9.97 Å². The van der Waals surface area contributed by atoms with Gasteiger partial charge in [0.15, 0.2) is 5.16 Å². The summed E-state index contributed by atoms with van der Waals surface area (Å²) in [6, 6.07) is 0.170. The SMILES string of the molecule is CCSc1ncc(CN2CCCN([C@@H]3COC[C@H]3O)CC2)cn1. The van der Waals surface area contributed by atoms with Gasteiger partial charge >= 0.3 is 0 Å². The molecule has 6 nitrogen and oxygen atoms in total. The van der Waals surface area contributed by atoms with E-state index >= 15 is 0 Å². The Morgan fingerprint density at radius 3 is 2.74 bits per heavy atom. The summed E-state index contributed by atoms with van der Waals surface area (Å²) in [5.41, 5.74) is 1.17. The predicted octanol–water partition coefficient (Wildman–Crippen LogP) is 0.856. The fraction of sp³-hybridized carbons (Fsp3) is 0.750. The molecule has 1 aromatic heterocycles. The zero-order chi connectivity index (χ0) is 16.1. The molecular weight excluding hydrogens is 312 g/mol. The Hall–Kier alpha value is -0.730. The first-order valence-electron chi connectivity index (χ1n) is 8.42. The second kappa shape index (κ2) is 8.39. The van der Waals surface area contributed by atoms with E-state index in [0.29, 0.717) is 13.2 Å². The maximum Gasteiger partial charge on any atom is 0.187 e. The van der Waals surface area contributed by atoms with Crippen molar-refractivity contribution in [3.05, 3.63) is 18.0 Å². The van der Waals surface area contributed by atoms with Crippen molar-refractivity contribution in [2.24, 2.45) is 0 Å². The molecule has 1 aromatic rings. The Bertz CT molecular complexity index is 487. The lowest BCUT2D eigenvalue weighted by Gasteiger charge is -2.28. The quantitative estimate of drug-likeness (QED) is 0.631. The van der Waals surface area contributed by atoms with Gasteiger partial charge in [-0.2, -0.15) is 0 Å². The summed E-state index contributed by atoms with van der Waals surface area (Å²) in [4.78, 5) is 13.7. The van der Waals surface area contributed by atoms with E-state index in [4.69, 9.17) is 4.74 Å². The van der Waals surface area contributed by atoms with E-state index < -0.39 is 0 Å². The molecule has 128 valence electrons. The van der Waals surface area contributed by atoms with Crippen LogP contribution in [0.5, 0.6) is 0 Å². The maximum absolute atomic E-state index is 10.0. The molecule has 0 aromatic carbocycles. The van der Waals surface area contributed by atoms with Crippen LogP contribution in [0.25, 0.3) is 0 Å². The summed E-state index contributed by atoms with van der Waals surface area (Å²) >= 11 is 1.67. The first-order valence-corrected chi connectivity index (χ1v) is 9.40. The van der Waals surface area contributed by atoms with E-state index in [0.717, 1.165) is 50.1 Å². The van der Waals surface area contributed by atoms with Crippen LogP contribution >= 0.6 is 11.8 Å². The van der Waals surface area contributed by atoms with Crippen LogP contribution in [-0.4, -0.2) is 82.2 Å². The van der Waals surface area contributed by atoms with Crippen molar-refractivity contribution < 1.29 is 9.84 Å². The first-order chi connectivity index (χ1) is 11.3. The Morgan fingerprint density at radius 2 is 2.04 bits per heavy atom. The zero-order valence-electron chi connectivity index (χ0n) is 13.7. The summed E-state index contributed by atoms with van der Waals surface area (Å²) in [6.07, 6.45) is 4.68.